The van der Waals surface area contributed by atoms with E-state index in [9.17, 15) is 13.6 Å². The Morgan fingerprint density at radius 1 is 1.19 bits per heavy atom. The Morgan fingerprint density at radius 3 is 2.67 bits per heavy atom. The minimum absolute atomic E-state index is 0.00248. The molecular weight excluding hydrogens is 366 g/mol. The second-order valence-electron chi connectivity index (χ2n) is 4.27. The largest absolute Gasteiger partial charge is 0.287 e. The number of aromatic nitrogens is 2. The molecule has 3 nitrogen and oxygen atoms in total. The van der Waals surface area contributed by atoms with E-state index in [0.29, 0.717) is 0 Å². The standard InChI is InChI=1S/C14H6BrClF2N2O/c15-8-5-12-7(4-11(8)18)13(21)6-19-20(12)14-9(16)2-1-3-10(14)17/h1-6H. The summed E-state index contributed by atoms with van der Waals surface area (Å²) >= 11 is 9.05. The van der Waals surface area contributed by atoms with Crippen LogP contribution in [0.1, 0.15) is 0 Å². The van der Waals surface area contributed by atoms with Gasteiger partial charge in [-0.05, 0) is 40.2 Å². The van der Waals surface area contributed by atoms with Gasteiger partial charge in [-0.15, -0.1) is 0 Å². The summed E-state index contributed by atoms with van der Waals surface area (Å²) in [6, 6.07) is 6.63. The third kappa shape index (κ3) is 2.34. The van der Waals surface area contributed by atoms with Crippen LogP contribution in [0.3, 0.4) is 0 Å². The Morgan fingerprint density at radius 2 is 1.95 bits per heavy atom. The number of hydrogen-bond acceptors (Lipinski definition) is 2. The zero-order valence-electron chi connectivity index (χ0n) is 10.3. The molecule has 0 saturated carbocycles. The third-order valence-corrected chi connectivity index (χ3v) is 3.88. The van der Waals surface area contributed by atoms with Gasteiger partial charge in [0.1, 0.15) is 17.3 Å². The van der Waals surface area contributed by atoms with Crippen LogP contribution in [-0.4, -0.2) is 9.78 Å². The summed E-state index contributed by atoms with van der Waals surface area (Å²) in [5.74, 6) is -1.18. The normalized spacial score (nSPS) is 11.0. The highest BCUT2D eigenvalue weighted by Gasteiger charge is 2.15. The molecule has 0 saturated heterocycles. The van der Waals surface area contributed by atoms with E-state index >= 15 is 0 Å². The Hall–Kier alpha value is -1.79. The van der Waals surface area contributed by atoms with Crippen LogP contribution in [0.15, 0.2) is 45.8 Å². The van der Waals surface area contributed by atoms with E-state index < -0.39 is 17.1 Å². The minimum atomic E-state index is -0.597. The van der Waals surface area contributed by atoms with Crippen molar-refractivity contribution >= 4 is 38.4 Å². The number of halogens is 4. The second kappa shape index (κ2) is 5.20. The van der Waals surface area contributed by atoms with Crippen LogP contribution >= 0.6 is 27.5 Å². The number of nitrogens with zero attached hydrogens (tertiary/aromatic N) is 2. The van der Waals surface area contributed by atoms with Gasteiger partial charge in [-0.25, -0.2) is 13.5 Å². The SMILES string of the molecule is O=c1cnn(-c2c(F)cccc2Cl)c2cc(Br)c(F)cc12. The number of benzene rings is 2. The zero-order valence-corrected chi connectivity index (χ0v) is 12.6. The predicted molar refractivity (Wildman–Crippen MR) is 80.0 cm³/mol. The first-order valence-electron chi connectivity index (χ1n) is 5.80. The molecule has 0 amide bonds. The monoisotopic (exact) mass is 370 g/mol. The fraction of sp³-hybridized carbons (Fsp3) is 0. The van der Waals surface area contributed by atoms with Crippen molar-refractivity contribution in [1.82, 2.24) is 9.78 Å². The van der Waals surface area contributed by atoms with Crippen molar-refractivity contribution < 1.29 is 8.78 Å². The van der Waals surface area contributed by atoms with Crippen LogP contribution < -0.4 is 5.43 Å². The number of rotatable bonds is 1. The van der Waals surface area contributed by atoms with Gasteiger partial charge in [0.2, 0.25) is 5.43 Å². The molecule has 0 bridgehead atoms. The highest BCUT2D eigenvalue weighted by atomic mass is 79.9. The van der Waals surface area contributed by atoms with Crippen LogP contribution in [0.25, 0.3) is 16.6 Å². The molecule has 0 unspecified atom stereocenters. The minimum Gasteiger partial charge on any atom is -0.287 e. The Kier molecular flexibility index (Phi) is 3.51. The lowest BCUT2D eigenvalue weighted by molar-refractivity contribution is 0.611. The maximum Gasteiger partial charge on any atom is 0.208 e. The lowest BCUT2D eigenvalue weighted by atomic mass is 10.2. The summed E-state index contributed by atoms with van der Waals surface area (Å²) in [5, 5.41) is 4.13. The fourth-order valence-corrected chi connectivity index (χ4v) is 2.59. The molecule has 0 N–H and O–H groups in total. The van der Waals surface area contributed by atoms with Crippen LogP contribution in [0.5, 0.6) is 0 Å². The average Bonchev–Trinajstić information content (AvgIpc) is 2.43. The van der Waals surface area contributed by atoms with Crippen molar-refractivity contribution in [2.75, 3.05) is 0 Å². The summed E-state index contributed by atoms with van der Waals surface area (Å²) in [6.07, 6.45) is 0.998. The van der Waals surface area contributed by atoms with E-state index in [0.717, 1.165) is 12.3 Å². The van der Waals surface area contributed by atoms with Crippen molar-refractivity contribution in [2.24, 2.45) is 0 Å². The van der Waals surface area contributed by atoms with E-state index in [4.69, 9.17) is 11.6 Å². The summed E-state index contributed by atoms with van der Waals surface area (Å²) in [6.45, 7) is 0. The van der Waals surface area contributed by atoms with E-state index in [1.54, 1.807) is 0 Å². The lowest BCUT2D eigenvalue weighted by Crippen LogP contribution is -2.12. The predicted octanol–water partition coefficient (Wildman–Crippen LogP) is 4.08. The van der Waals surface area contributed by atoms with Gasteiger partial charge < -0.3 is 0 Å². The molecule has 0 aliphatic heterocycles. The smallest absolute Gasteiger partial charge is 0.208 e. The Labute approximate surface area is 130 Å². The molecule has 0 fully saturated rings. The Bertz CT molecular complexity index is 906. The van der Waals surface area contributed by atoms with E-state index in [1.807, 2.05) is 0 Å². The number of hydrogen-bond donors (Lipinski definition) is 0. The number of para-hydroxylation sites is 1. The maximum absolute atomic E-state index is 14.0. The van der Waals surface area contributed by atoms with E-state index in [-0.39, 0.29) is 26.1 Å². The maximum atomic E-state index is 14.0. The van der Waals surface area contributed by atoms with Crippen LogP contribution in [0.2, 0.25) is 5.02 Å². The molecule has 21 heavy (non-hydrogen) atoms. The molecule has 3 rings (SSSR count). The fourth-order valence-electron chi connectivity index (χ4n) is 2.02. The average molecular weight is 372 g/mol. The highest BCUT2D eigenvalue weighted by molar-refractivity contribution is 9.10. The molecule has 1 heterocycles. The lowest BCUT2D eigenvalue weighted by Gasteiger charge is -2.12. The van der Waals surface area contributed by atoms with Crippen molar-refractivity contribution in [2.45, 2.75) is 0 Å². The van der Waals surface area contributed by atoms with Crippen LogP contribution in [0, 0.1) is 11.6 Å². The van der Waals surface area contributed by atoms with Gasteiger partial charge >= 0.3 is 0 Å². The van der Waals surface area contributed by atoms with Gasteiger partial charge in [0, 0.05) is 0 Å². The van der Waals surface area contributed by atoms with E-state index in [2.05, 4.69) is 21.0 Å². The van der Waals surface area contributed by atoms with Gasteiger partial charge in [0.15, 0.2) is 0 Å². The van der Waals surface area contributed by atoms with Gasteiger partial charge in [-0.1, -0.05) is 17.7 Å². The van der Waals surface area contributed by atoms with Crippen molar-refractivity contribution in [3.8, 4) is 5.69 Å². The first kappa shape index (κ1) is 14.2. The summed E-state index contributed by atoms with van der Waals surface area (Å²) in [5.41, 5.74) is -0.203. The molecule has 0 aliphatic rings. The van der Waals surface area contributed by atoms with Crippen LogP contribution in [-0.2, 0) is 0 Å². The first-order valence-corrected chi connectivity index (χ1v) is 6.97. The topological polar surface area (TPSA) is 34.9 Å². The van der Waals surface area contributed by atoms with Crippen molar-refractivity contribution in [3.05, 3.63) is 67.9 Å². The second-order valence-corrected chi connectivity index (χ2v) is 5.54. The summed E-state index contributed by atoms with van der Waals surface area (Å²) in [4.78, 5) is 11.8. The summed E-state index contributed by atoms with van der Waals surface area (Å²) in [7, 11) is 0. The number of fused-ring (bicyclic) bond motifs is 1. The summed E-state index contributed by atoms with van der Waals surface area (Å²) < 4.78 is 29.0. The van der Waals surface area contributed by atoms with Crippen molar-refractivity contribution in [1.29, 1.82) is 0 Å². The van der Waals surface area contributed by atoms with Gasteiger partial charge in [0.25, 0.3) is 0 Å². The molecular formula is C14H6BrClF2N2O. The molecule has 1 aromatic heterocycles. The molecule has 0 atom stereocenters. The van der Waals surface area contributed by atoms with Crippen molar-refractivity contribution in [3.63, 3.8) is 0 Å². The van der Waals surface area contributed by atoms with Crippen LogP contribution in [0.4, 0.5) is 8.78 Å². The molecule has 7 heteroatoms. The zero-order chi connectivity index (χ0) is 15.1. The van der Waals surface area contributed by atoms with Gasteiger partial charge in [-0.2, -0.15) is 5.10 Å². The third-order valence-electron chi connectivity index (χ3n) is 2.97. The van der Waals surface area contributed by atoms with Gasteiger partial charge in [0.05, 0.1) is 26.6 Å². The molecule has 0 aliphatic carbocycles. The van der Waals surface area contributed by atoms with Gasteiger partial charge in [-0.3, -0.25) is 4.79 Å². The molecule has 3 aromatic rings. The molecule has 106 valence electrons. The quantitative estimate of drug-likeness (QED) is 0.646. The highest BCUT2D eigenvalue weighted by Crippen LogP contribution is 2.27. The molecule has 0 radical (unpaired) electrons. The first-order chi connectivity index (χ1) is 9.99. The Balaban J connectivity index is 2.47. The molecule has 2 aromatic carbocycles. The van der Waals surface area contributed by atoms with E-state index in [1.165, 1.54) is 28.9 Å². The molecule has 0 spiro atoms.